The number of ketones is 1. The summed E-state index contributed by atoms with van der Waals surface area (Å²) in [6.45, 7) is 5.41. The summed E-state index contributed by atoms with van der Waals surface area (Å²) in [6, 6.07) is 5.21. The summed E-state index contributed by atoms with van der Waals surface area (Å²) in [6.07, 6.45) is 5.75. The minimum atomic E-state index is -0.562. The Hall–Kier alpha value is -3.09. The van der Waals surface area contributed by atoms with Crippen LogP contribution in [0.2, 0.25) is 0 Å². The first-order valence-electron chi connectivity index (χ1n) is 11.8. The Balaban J connectivity index is 1.79. The van der Waals surface area contributed by atoms with Crippen LogP contribution in [-0.2, 0) is 19.1 Å². The zero-order valence-corrected chi connectivity index (χ0v) is 19.5. The van der Waals surface area contributed by atoms with Crippen molar-refractivity contribution >= 4 is 17.7 Å². The van der Waals surface area contributed by atoms with Crippen LogP contribution in [0.1, 0.15) is 77.2 Å². The zero-order chi connectivity index (χ0) is 23.5. The minimum absolute atomic E-state index is 0.0365. The van der Waals surface area contributed by atoms with E-state index in [1.165, 1.54) is 6.92 Å². The molecule has 1 N–H and O–H groups in total. The normalized spacial score (nSPS) is 20.9. The summed E-state index contributed by atoms with van der Waals surface area (Å²) in [5.41, 5.74) is 3.38. The SMILES string of the molecule is CCOc1cc([C@H]2C(C(=O)OC3CCCC3)=C(C)NC3=C2C(=O)CCC3)ccc1OC(C)=O. The van der Waals surface area contributed by atoms with Crippen LogP contribution in [0.25, 0.3) is 0 Å². The maximum Gasteiger partial charge on any atom is 0.337 e. The Morgan fingerprint density at radius 2 is 1.85 bits per heavy atom. The van der Waals surface area contributed by atoms with Gasteiger partial charge in [-0.2, -0.15) is 0 Å². The van der Waals surface area contributed by atoms with E-state index in [4.69, 9.17) is 14.2 Å². The molecule has 0 aromatic heterocycles. The molecule has 1 heterocycles. The summed E-state index contributed by atoms with van der Waals surface area (Å²) < 4.78 is 16.9. The number of hydrogen-bond acceptors (Lipinski definition) is 7. The van der Waals surface area contributed by atoms with Crippen molar-refractivity contribution < 1.29 is 28.6 Å². The quantitative estimate of drug-likeness (QED) is 0.502. The summed E-state index contributed by atoms with van der Waals surface area (Å²) in [4.78, 5) is 38.0. The summed E-state index contributed by atoms with van der Waals surface area (Å²) >= 11 is 0. The second kappa shape index (κ2) is 9.81. The number of carbonyl (C=O) groups excluding carboxylic acids is 3. The summed E-state index contributed by atoms with van der Waals surface area (Å²) in [7, 11) is 0. The molecule has 4 rings (SSSR count). The van der Waals surface area contributed by atoms with Crippen LogP contribution >= 0.6 is 0 Å². The molecule has 1 saturated carbocycles. The van der Waals surface area contributed by atoms with Gasteiger partial charge in [0.15, 0.2) is 17.3 Å². The lowest BCUT2D eigenvalue weighted by molar-refractivity contribution is -0.144. The van der Waals surface area contributed by atoms with Gasteiger partial charge in [0, 0.05) is 36.2 Å². The van der Waals surface area contributed by atoms with Gasteiger partial charge in [-0.05, 0) is 70.1 Å². The lowest BCUT2D eigenvalue weighted by Crippen LogP contribution is -2.35. The molecule has 7 nitrogen and oxygen atoms in total. The molecule has 0 bridgehead atoms. The molecule has 1 atom stereocenters. The van der Waals surface area contributed by atoms with E-state index in [1.807, 2.05) is 13.8 Å². The molecule has 0 radical (unpaired) electrons. The molecule has 1 aromatic rings. The third-order valence-corrected chi connectivity index (χ3v) is 6.43. The Kier molecular flexibility index (Phi) is 6.86. The molecule has 0 amide bonds. The van der Waals surface area contributed by atoms with E-state index in [0.29, 0.717) is 41.4 Å². The standard InChI is InChI=1S/C26H31NO6/c1-4-31-22-14-17(12-13-21(22)32-16(3)28)24-23(26(30)33-18-8-5-6-9-18)15(2)27-19-10-7-11-20(29)25(19)24/h12-14,18,24,27H,4-11H2,1-3H3/t24-/m0/s1. The number of hydrogen-bond donors (Lipinski definition) is 1. The van der Waals surface area contributed by atoms with Crippen LogP contribution in [0.4, 0.5) is 0 Å². The van der Waals surface area contributed by atoms with Crippen molar-refractivity contribution in [2.24, 2.45) is 0 Å². The van der Waals surface area contributed by atoms with Crippen LogP contribution in [0, 0.1) is 0 Å². The van der Waals surface area contributed by atoms with E-state index in [2.05, 4.69) is 5.32 Å². The van der Waals surface area contributed by atoms with Crippen LogP contribution < -0.4 is 14.8 Å². The number of carbonyl (C=O) groups is 3. The largest absolute Gasteiger partial charge is 0.490 e. The number of benzene rings is 1. The van der Waals surface area contributed by atoms with Crippen LogP contribution in [-0.4, -0.2) is 30.4 Å². The highest BCUT2D eigenvalue weighted by atomic mass is 16.6. The fourth-order valence-electron chi connectivity index (χ4n) is 5.02. The average molecular weight is 454 g/mol. The van der Waals surface area contributed by atoms with Gasteiger partial charge in [-0.1, -0.05) is 6.07 Å². The van der Waals surface area contributed by atoms with Gasteiger partial charge in [0.05, 0.1) is 12.2 Å². The smallest absolute Gasteiger partial charge is 0.337 e. The van der Waals surface area contributed by atoms with Crippen molar-refractivity contribution in [2.45, 2.75) is 77.7 Å². The van der Waals surface area contributed by atoms with Crippen LogP contribution in [0.5, 0.6) is 11.5 Å². The fraction of sp³-hybridized carbons (Fsp3) is 0.500. The van der Waals surface area contributed by atoms with E-state index >= 15 is 0 Å². The highest BCUT2D eigenvalue weighted by Gasteiger charge is 2.40. The molecule has 0 saturated heterocycles. The van der Waals surface area contributed by atoms with E-state index < -0.39 is 11.9 Å². The molecule has 3 aliphatic rings. The molecular weight excluding hydrogens is 422 g/mol. The average Bonchev–Trinajstić information content (AvgIpc) is 3.27. The first-order chi connectivity index (χ1) is 15.9. The Bertz CT molecular complexity index is 1030. The number of ether oxygens (including phenoxy) is 3. The molecule has 0 unspecified atom stereocenters. The number of Topliss-reactive ketones (excluding diaryl/α,β-unsaturated/α-hetero) is 1. The van der Waals surface area contributed by atoms with Gasteiger partial charge in [-0.15, -0.1) is 0 Å². The number of esters is 2. The molecule has 176 valence electrons. The second-order valence-electron chi connectivity index (χ2n) is 8.81. The minimum Gasteiger partial charge on any atom is -0.490 e. The van der Waals surface area contributed by atoms with Crippen molar-refractivity contribution in [3.05, 3.63) is 46.3 Å². The second-order valence-corrected chi connectivity index (χ2v) is 8.81. The summed E-state index contributed by atoms with van der Waals surface area (Å²) in [5.74, 6) is -0.654. The molecule has 2 aliphatic carbocycles. The summed E-state index contributed by atoms with van der Waals surface area (Å²) in [5, 5.41) is 3.32. The van der Waals surface area contributed by atoms with Gasteiger partial charge in [-0.3, -0.25) is 9.59 Å². The molecular formula is C26H31NO6. The van der Waals surface area contributed by atoms with E-state index in [0.717, 1.165) is 49.8 Å². The lowest BCUT2D eigenvalue weighted by Gasteiger charge is -2.34. The first-order valence-corrected chi connectivity index (χ1v) is 11.8. The van der Waals surface area contributed by atoms with Gasteiger partial charge in [0.25, 0.3) is 0 Å². The van der Waals surface area contributed by atoms with Crippen molar-refractivity contribution in [1.29, 1.82) is 0 Å². The maximum atomic E-state index is 13.4. The topological polar surface area (TPSA) is 90.9 Å². The van der Waals surface area contributed by atoms with Gasteiger partial charge in [0.2, 0.25) is 0 Å². The van der Waals surface area contributed by atoms with Crippen LogP contribution in [0.15, 0.2) is 40.7 Å². The third-order valence-electron chi connectivity index (χ3n) is 6.43. The van der Waals surface area contributed by atoms with Gasteiger partial charge in [-0.25, -0.2) is 4.79 Å². The van der Waals surface area contributed by atoms with Gasteiger partial charge >= 0.3 is 11.9 Å². The van der Waals surface area contributed by atoms with Crippen molar-refractivity contribution in [2.75, 3.05) is 6.61 Å². The first kappa shape index (κ1) is 23.1. The van der Waals surface area contributed by atoms with Gasteiger partial charge < -0.3 is 19.5 Å². The maximum absolute atomic E-state index is 13.4. The Morgan fingerprint density at radius 1 is 1.09 bits per heavy atom. The van der Waals surface area contributed by atoms with E-state index in [9.17, 15) is 14.4 Å². The highest BCUT2D eigenvalue weighted by Crippen LogP contribution is 2.44. The highest BCUT2D eigenvalue weighted by molar-refractivity contribution is 6.03. The number of nitrogens with one attached hydrogen (secondary N) is 1. The molecule has 1 aliphatic heterocycles. The molecule has 1 aromatic carbocycles. The Morgan fingerprint density at radius 3 is 2.55 bits per heavy atom. The lowest BCUT2D eigenvalue weighted by atomic mass is 9.75. The molecule has 1 fully saturated rings. The van der Waals surface area contributed by atoms with Gasteiger partial charge in [0.1, 0.15) is 6.10 Å². The number of allylic oxidation sites excluding steroid dienone is 3. The number of dihydropyridines is 1. The zero-order valence-electron chi connectivity index (χ0n) is 19.5. The van der Waals surface area contributed by atoms with E-state index in [-0.39, 0.29) is 17.9 Å². The van der Waals surface area contributed by atoms with Crippen molar-refractivity contribution in [3.8, 4) is 11.5 Å². The predicted molar refractivity (Wildman–Crippen MR) is 122 cm³/mol. The van der Waals surface area contributed by atoms with Crippen LogP contribution in [0.3, 0.4) is 0 Å². The molecule has 0 spiro atoms. The van der Waals surface area contributed by atoms with E-state index in [1.54, 1.807) is 18.2 Å². The predicted octanol–water partition coefficient (Wildman–Crippen LogP) is 4.46. The fourth-order valence-corrected chi connectivity index (χ4v) is 5.02. The molecule has 7 heteroatoms. The number of rotatable bonds is 6. The third kappa shape index (κ3) is 4.82. The molecule has 33 heavy (non-hydrogen) atoms. The van der Waals surface area contributed by atoms with Crippen molar-refractivity contribution in [3.63, 3.8) is 0 Å². The van der Waals surface area contributed by atoms with Crippen molar-refractivity contribution in [1.82, 2.24) is 5.32 Å². The monoisotopic (exact) mass is 453 g/mol. The Labute approximate surface area is 194 Å².